The van der Waals surface area contributed by atoms with Crippen LogP contribution >= 0.6 is 7.75 Å². The number of benzene rings is 2. The second kappa shape index (κ2) is 6.34. The van der Waals surface area contributed by atoms with Crippen molar-refractivity contribution in [3.05, 3.63) is 72.9 Å². The van der Waals surface area contributed by atoms with E-state index in [2.05, 4.69) is 10.1 Å². The number of nitrogens with zero attached hydrogens (tertiary/aromatic N) is 1. The molecular weight excluding hydrogens is 311 g/mol. The van der Waals surface area contributed by atoms with E-state index in [0.29, 0.717) is 16.9 Å². The van der Waals surface area contributed by atoms with Crippen LogP contribution < -0.4 is 5.09 Å². The molecule has 0 aliphatic heterocycles. The Hall–Kier alpha value is -2.46. The fourth-order valence-corrected chi connectivity index (χ4v) is 2.85. The Balaban J connectivity index is 2.12. The molecule has 1 heterocycles. The summed E-state index contributed by atoms with van der Waals surface area (Å²) in [6.07, 6.45) is 1.64. The molecule has 1 aromatic heterocycles. The zero-order chi connectivity index (χ0) is 16.3. The van der Waals surface area contributed by atoms with E-state index in [1.54, 1.807) is 24.4 Å². The Morgan fingerprint density at radius 1 is 0.870 bits per heavy atom. The van der Waals surface area contributed by atoms with Crippen molar-refractivity contribution < 1.29 is 14.4 Å². The summed E-state index contributed by atoms with van der Waals surface area (Å²) in [7, 11) is -4.42. The zero-order valence-corrected chi connectivity index (χ0v) is 13.0. The van der Waals surface area contributed by atoms with E-state index < -0.39 is 7.75 Å². The molecule has 3 aromatic rings. The van der Waals surface area contributed by atoms with Crippen molar-refractivity contribution in [3.63, 3.8) is 0 Å². The lowest BCUT2D eigenvalue weighted by atomic mass is 10.0. The van der Waals surface area contributed by atoms with Gasteiger partial charge in [-0.2, -0.15) is 0 Å². The van der Waals surface area contributed by atoms with Gasteiger partial charge in [0.15, 0.2) is 0 Å². The summed E-state index contributed by atoms with van der Waals surface area (Å²) in [6.45, 7) is 0. The van der Waals surface area contributed by atoms with Crippen LogP contribution in [0.2, 0.25) is 0 Å². The summed E-state index contributed by atoms with van der Waals surface area (Å²) in [5.74, 6) is 0. The van der Waals surface area contributed by atoms with Crippen LogP contribution in [0.3, 0.4) is 0 Å². The van der Waals surface area contributed by atoms with Gasteiger partial charge in [-0.05, 0) is 29.3 Å². The number of nitrogens with one attached hydrogen (secondary N) is 1. The molecule has 0 aliphatic rings. The minimum absolute atomic E-state index is 0.346. The van der Waals surface area contributed by atoms with Crippen LogP contribution in [0.5, 0.6) is 0 Å². The predicted octanol–water partition coefficient (Wildman–Crippen LogP) is 3.92. The Bertz CT molecular complexity index is 848. The summed E-state index contributed by atoms with van der Waals surface area (Å²) in [5, 5.41) is 2.29. The minimum Gasteiger partial charge on any atom is -0.308 e. The Morgan fingerprint density at radius 2 is 1.61 bits per heavy atom. The molecule has 0 unspecified atom stereocenters. The van der Waals surface area contributed by atoms with Crippen molar-refractivity contribution in [2.45, 2.75) is 0 Å². The summed E-state index contributed by atoms with van der Waals surface area (Å²) in [5.41, 5.74) is 3.45. The lowest BCUT2D eigenvalue weighted by Gasteiger charge is -2.14. The molecule has 0 saturated heterocycles. The van der Waals surface area contributed by atoms with Crippen molar-refractivity contribution in [2.75, 3.05) is 5.09 Å². The third-order valence-corrected chi connectivity index (χ3v) is 3.87. The third kappa shape index (κ3) is 3.85. The maximum absolute atomic E-state index is 11.4. The van der Waals surface area contributed by atoms with Crippen LogP contribution in [0.4, 0.5) is 5.69 Å². The SMILES string of the molecule is O=P(O)(O)Nc1cc(-c2ccccc2)ccc1-c1ccccn1. The lowest BCUT2D eigenvalue weighted by molar-refractivity contribution is 0.380. The number of anilines is 1. The number of rotatable bonds is 4. The molecule has 0 spiro atoms. The van der Waals surface area contributed by atoms with Crippen LogP contribution in [0.25, 0.3) is 22.4 Å². The van der Waals surface area contributed by atoms with Gasteiger partial charge in [-0.15, -0.1) is 0 Å². The molecule has 3 rings (SSSR count). The van der Waals surface area contributed by atoms with E-state index in [9.17, 15) is 14.4 Å². The maximum atomic E-state index is 11.4. The van der Waals surface area contributed by atoms with Crippen LogP contribution in [-0.2, 0) is 4.57 Å². The van der Waals surface area contributed by atoms with Gasteiger partial charge in [0, 0.05) is 11.8 Å². The first-order valence-electron chi connectivity index (χ1n) is 6.98. The standard InChI is InChI=1S/C17H15N2O3P/c20-23(21,22)19-17-12-14(13-6-2-1-3-7-13)9-10-15(17)16-8-4-5-11-18-16/h1-12H,(H3,19,20,21,22). The zero-order valence-electron chi connectivity index (χ0n) is 12.1. The highest BCUT2D eigenvalue weighted by Crippen LogP contribution is 2.41. The van der Waals surface area contributed by atoms with E-state index >= 15 is 0 Å². The number of hydrogen-bond acceptors (Lipinski definition) is 2. The lowest BCUT2D eigenvalue weighted by Crippen LogP contribution is -1.98. The first-order chi connectivity index (χ1) is 11.0. The third-order valence-electron chi connectivity index (χ3n) is 3.33. The molecule has 6 heteroatoms. The molecule has 0 fully saturated rings. The molecule has 0 aliphatic carbocycles. The van der Waals surface area contributed by atoms with E-state index in [1.807, 2.05) is 48.5 Å². The van der Waals surface area contributed by atoms with E-state index in [1.165, 1.54) is 0 Å². The van der Waals surface area contributed by atoms with Crippen LogP contribution in [0.15, 0.2) is 72.9 Å². The highest BCUT2D eigenvalue weighted by molar-refractivity contribution is 7.53. The van der Waals surface area contributed by atoms with E-state index in [0.717, 1.165) is 11.1 Å². The summed E-state index contributed by atoms with van der Waals surface area (Å²) < 4.78 is 11.4. The van der Waals surface area contributed by atoms with Crippen molar-refractivity contribution in [2.24, 2.45) is 0 Å². The molecule has 23 heavy (non-hydrogen) atoms. The first kappa shape index (κ1) is 15.4. The van der Waals surface area contributed by atoms with Crippen molar-refractivity contribution in [1.82, 2.24) is 4.98 Å². The average Bonchev–Trinajstić information content (AvgIpc) is 2.55. The maximum Gasteiger partial charge on any atom is 0.427 e. The predicted molar refractivity (Wildman–Crippen MR) is 90.8 cm³/mol. The molecule has 5 nitrogen and oxygen atoms in total. The van der Waals surface area contributed by atoms with Crippen LogP contribution in [0, 0.1) is 0 Å². The molecule has 0 radical (unpaired) electrons. The second-order valence-corrected chi connectivity index (χ2v) is 6.31. The quantitative estimate of drug-likeness (QED) is 0.633. The summed E-state index contributed by atoms with van der Waals surface area (Å²) >= 11 is 0. The highest BCUT2D eigenvalue weighted by Gasteiger charge is 2.17. The summed E-state index contributed by atoms with van der Waals surface area (Å²) in [6, 6.07) is 20.5. The molecule has 0 bridgehead atoms. The van der Waals surface area contributed by atoms with Gasteiger partial charge >= 0.3 is 7.75 Å². The monoisotopic (exact) mass is 326 g/mol. The fourth-order valence-electron chi connectivity index (χ4n) is 2.35. The fraction of sp³-hybridized carbons (Fsp3) is 0. The minimum atomic E-state index is -4.42. The first-order valence-corrected chi connectivity index (χ1v) is 8.59. The van der Waals surface area contributed by atoms with Crippen LogP contribution in [-0.4, -0.2) is 14.8 Å². The Morgan fingerprint density at radius 3 is 2.26 bits per heavy atom. The number of hydrogen-bond donors (Lipinski definition) is 3. The molecule has 0 saturated carbocycles. The van der Waals surface area contributed by atoms with Gasteiger partial charge in [0.05, 0.1) is 11.4 Å². The smallest absolute Gasteiger partial charge is 0.308 e. The number of aromatic nitrogens is 1. The van der Waals surface area contributed by atoms with Gasteiger partial charge in [0.1, 0.15) is 0 Å². The van der Waals surface area contributed by atoms with Crippen molar-refractivity contribution in [3.8, 4) is 22.4 Å². The van der Waals surface area contributed by atoms with E-state index in [-0.39, 0.29) is 0 Å². The number of pyridine rings is 1. The highest BCUT2D eigenvalue weighted by atomic mass is 31.2. The van der Waals surface area contributed by atoms with Gasteiger partial charge in [-0.25, -0.2) is 4.57 Å². The van der Waals surface area contributed by atoms with Gasteiger partial charge < -0.3 is 9.79 Å². The van der Waals surface area contributed by atoms with Gasteiger partial charge in [0.25, 0.3) is 0 Å². The topological polar surface area (TPSA) is 82.5 Å². The second-order valence-electron chi connectivity index (χ2n) is 5.00. The van der Waals surface area contributed by atoms with Crippen molar-refractivity contribution >= 4 is 13.4 Å². The van der Waals surface area contributed by atoms with Gasteiger partial charge in [-0.1, -0.05) is 48.5 Å². The molecular formula is C17H15N2O3P. The van der Waals surface area contributed by atoms with Crippen molar-refractivity contribution in [1.29, 1.82) is 0 Å². The van der Waals surface area contributed by atoms with Gasteiger partial charge in [0.2, 0.25) is 0 Å². The van der Waals surface area contributed by atoms with Gasteiger partial charge in [-0.3, -0.25) is 10.1 Å². The molecule has 0 amide bonds. The Labute approximate surface area is 133 Å². The molecule has 3 N–H and O–H groups in total. The average molecular weight is 326 g/mol. The summed E-state index contributed by atoms with van der Waals surface area (Å²) in [4.78, 5) is 22.8. The molecule has 2 aromatic carbocycles. The normalized spacial score (nSPS) is 11.2. The van der Waals surface area contributed by atoms with Crippen LogP contribution in [0.1, 0.15) is 0 Å². The van der Waals surface area contributed by atoms with E-state index in [4.69, 9.17) is 0 Å². The molecule has 116 valence electrons. The largest absolute Gasteiger partial charge is 0.427 e. The Kier molecular flexibility index (Phi) is 4.26. The molecule has 0 atom stereocenters.